The molecular weight excluding hydrogens is 504 g/mol. The highest BCUT2D eigenvalue weighted by molar-refractivity contribution is 8.04. The van der Waals surface area contributed by atoms with Crippen molar-refractivity contribution in [3.8, 4) is 40.1 Å². The SMILES string of the molecule is Cn1cc(-c2nc(-c3ccc(F)nc3F)ccc2Oc2ccc(SNC3NC=CS3)cc2C#N)cn1. The number of nitrogens with one attached hydrogen (secondary N) is 2. The number of pyridine rings is 2. The number of nitriles is 1. The summed E-state index contributed by atoms with van der Waals surface area (Å²) in [5.74, 6) is -1.20. The van der Waals surface area contributed by atoms with Crippen LogP contribution in [0.4, 0.5) is 8.78 Å². The van der Waals surface area contributed by atoms with Crippen LogP contribution in [0.2, 0.25) is 0 Å². The molecule has 4 heterocycles. The van der Waals surface area contributed by atoms with E-state index in [0.29, 0.717) is 28.3 Å². The van der Waals surface area contributed by atoms with Crippen LogP contribution in [-0.4, -0.2) is 25.2 Å². The first-order valence-corrected chi connectivity index (χ1v) is 12.3. The number of ether oxygens (including phenoxy) is 1. The normalized spacial score (nSPS) is 14.4. The molecule has 0 radical (unpaired) electrons. The van der Waals surface area contributed by atoms with Gasteiger partial charge in [0.25, 0.3) is 0 Å². The minimum Gasteiger partial charge on any atom is -0.454 e. The summed E-state index contributed by atoms with van der Waals surface area (Å²) in [5, 5.41) is 19.0. The van der Waals surface area contributed by atoms with Gasteiger partial charge < -0.3 is 10.1 Å². The Labute approximate surface area is 213 Å². The fourth-order valence-corrected chi connectivity index (χ4v) is 4.83. The quantitative estimate of drug-likeness (QED) is 0.252. The Morgan fingerprint density at radius 3 is 2.75 bits per heavy atom. The number of hydrogen-bond acceptors (Lipinski definition) is 9. The Morgan fingerprint density at radius 1 is 1.17 bits per heavy atom. The summed E-state index contributed by atoms with van der Waals surface area (Å²) >= 11 is 3.00. The summed E-state index contributed by atoms with van der Waals surface area (Å²) in [6.07, 6.45) is 5.19. The van der Waals surface area contributed by atoms with Crippen LogP contribution in [0, 0.1) is 23.2 Å². The van der Waals surface area contributed by atoms with Crippen LogP contribution in [0.25, 0.3) is 22.5 Å². The van der Waals surface area contributed by atoms with Gasteiger partial charge in [0.2, 0.25) is 11.9 Å². The van der Waals surface area contributed by atoms with Crippen LogP contribution >= 0.6 is 23.7 Å². The molecule has 1 aliphatic rings. The molecule has 2 N–H and O–H groups in total. The molecular formula is C24H17F2N7OS2. The Balaban J connectivity index is 1.46. The number of aryl methyl sites for hydroxylation is 1. The fraction of sp³-hybridized carbons (Fsp3) is 0.0833. The summed E-state index contributed by atoms with van der Waals surface area (Å²) in [6, 6.07) is 13.0. The van der Waals surface area contributed by atoms with E-state index in [1.165, 1.54) is 18.0 Å². The maximum atomic E-state index is 14.3. The zero-order valence-electron chi connectivity index (χ0n) is 18.6. The smallest absolute Gasteiger partial charge is 0.224 e. The molecule has 36 heavy (non-hydrogen) atoms. The van der Waals surface area contributed by atoms with Crippen molar-refractivity contribution in [2.45, 2.75) is 10.4 Å². The second-order valence-electron chi connectivity index (χ2n) is 7.50. The van der Waals surface area contributed by atoms with E-state index in [9.17, 15) is 14.0 Å². The van der Waals surface area contributed by atoms with E-state index in [-0.39, 0.29) is 16.8 Å². The molecule has 1 unspecified atom stereocenters. The molecule has 0 saturated heterocycles. The molecule has 5 rings (SSSR count). The molecule has 0 fully saturated rings. The van der Waals surface area contributed by atoms with Crippen LogP contribution in [0.15, 0.2) is 71.4 Å². The minimum absolute atomic E-state index is 0.0456. The molecule has 3 aromatic heterocycles. The van der Waals surface area contributed by atoms with Gasteiger partial charge in [-0.15, -0.1) is 0 Å². The monoisotopic (exact) mass is 521 g/mol. The third-order valence-electron chi connectivity index (χ3n) is 5.03. The van der Waals surface area contributed by atoms with Gasteiger partial charge in [-0.2, -0.15) is 24.1 Å². The average molecular weight is 522 g/mol. The molecule has 1 atom stereocenters. The third-order valence-corrected chi connectivity index (χ3v) is 6.84. The number of halogens is 2. The summed E-state index contributed by atoms with van der Waals surface area (Å²) < 4.78 is 38.6. The van der Waals surface area contributed by atoms with Crippen molar-refractivity contribution in [2.24, 2.45) is 7.05 Å². The van der Waals surface area contributed by atoms with E-state index in [2.05, 4.69) is 31.2 Å². The summed E-state index contributed by atoms with van der Waals surface area (Å²) in [7, 11) is 1.76. The van der Waals surface area contributed by atoms with Crippen molar-refractivity contribution in [3.05, 3.63) is 83.9 Å². The highest BCUT2D eigenvalue weighted by Crippen LogP contribution is 2.36. The molecule has 1 aromatic carbocycles. The van der Waals surface area contributed by atoms with Crippen LogP contribution in [0.1, 0.15) is 5.56 Å². The summed E-state index contributed by atoms with van der Waals surface area (Å²) in [4.78, 5) is 8.65. The van der Waals surface area contributed by atoms with Gasteiger partial charge in [0.1, 0.15) is 23.0 Å². The molecule has 12 heteroatoms. The van der Waals surface area contributed by atoms with E-state index < -0.39 is 11.9 Å². The van der Waals surface area contributed by atoms with E-state index in [0.717, 1.165) is 11.0 Å². The van der Waals surface area contributed by atoms with Gasteiger partial charge >= 0.3 is 0 Å². The lowest BCUT2D eigenvalue weighted by atomic mass is 10.1. The van der Waals surface area contributed by atoms with Crippen molar-refractivity contribution in [1.29, 1.82) is 5.26 Å². The van der Waals surface area contributed by atoms with Crippen molar-refractivity contribution in [3.63, 3.8) is 0 Å². The van der Waals surface area contributed by atoms with Gasteiger partial charge in [-0.05, 0) is 59.8 Å². The maximum absolute atomic E-state index is 14.3. The highest BCUT2D eigenvalue weighted by Gasteiger charge is 2.18. The Bertz CT molecular complexity index is 1490. The predicted octanol–water partition coefficient (Wildman–Crippen LogP) is 5.17. The lowest BCUT2D eigenvalue weighted by molar-refractivity contribution is 0.480. The van der Waals surface area contributed by atoms with Crippen LogP contribution in [0.5, 0.6) is 11.5 Å². The summed E-state index contributed by atoms with van der Waals surface area (Å²) in [6.45, 7) is 0. The van der Waals surface area contributed by atoms with Gasteiger partial charge in [0.15, 0.2) is 5.75 Å². The van der Waals surface area contributed by atoms with E-state index >= 15 is 0 Å². The standard InChI is InChI=1S/C24H17F2N7OS2/c1-33-13-15(12-29-33)22-20(6-4-18(30-22)17-3-7-21(25)31-23(17)26)34-19-5-2-16(10-14(19)11-27)36-32-24-28-8-9-35-24/h2-10,12-13,24,28,32H,1H3. The molecule has 0 bridgehead atoms. The average Bonchev–Trinajstić information content (AvgIpc) is 3.55. The molecule has 4 aromatic rings. The van der Waals surface area contributed by atoms with Gasteiger partial charge in [-0.25, -0.2) is 9.71 Å². The molecule has 0 amide bonds. The molecule has 8 nitrogen and oxygen atoms in total. The number of thioether (sulfide) groups is 1. The Morgan fingerprint density at radius 2 is 2.03 bits per heavy atom. The topological polar surface area (TPSA) is 101 Å². The van der Waals surface area contributed by atoms with Crippen molar-refractivity contribution in [1.82, 2.24) is 29.8 Å². The lowest BCUT2D eigenvalue weighted by Crippen LogP contribution is -2.28. The zero-order valence-corrected chi connectivity index (χ0v) is 20.3. The van der Waals surface area contributed by atoms with Crippen LogP contribution in [-0.2, 0) is 7.05 Å². The number of rotatable bonds is 7. The lowest BCUT2D eigenvalue weighted by Gasteiger charge is -2.14. The Kier molecular flexibility index (Phi) is 6.86. The predicted molar refractivity (Wildman–Crippen MR) is 133 cm³/mol. The van der Waals surface area contributed by atoms with Gasteiger partial charge in [0, 0.05) is 29.9 Å². The first-order valence-electron chi connectivity index (χ1n) is 10.5. The van der Waals surface area contributed by atoms with E-state index in [1.807, 2.05) is 17.7 Å². The van der Waals surface area contributed by atoms with Crippen molar-refractivity contribution < 1.29 is 13.5 Å². The zero-order chi connectivity index (χ0) is 25.1. The number of aromatic nitrogens is 4. The number of benzene rings is 1. The molecule has 1 aliphatic heterocycles. The molecule has 0 saturated carbocycles. The van der Waals surface area contributed by atoms with Gasteiger partial charge in [-0.3, -0.25) is 4.68 Å². The summed E-state index contributed by atoms with van der Waals surface area (Å²) in [5.41, 5.74) is 1.67. The first kappa shape index (κ1) is 23.8. The van der Waals surface area contributed by atoms with Crippen LogP contribution < -0.4 is 14.8 Å². The van der Waals surface area contributed by atoms with E-state index in [1.54, 1.807) is 60.2 Å². The maximum Gasteiger partial charge on any atom is 0.224 e. The van der Waals surface area contributed by atoms with Crippen molar-refractivity contribution in [2.75, 3.05) is 0 Å². The van der Waals surface area contributed by atoms with Crippen molar-refractivity contribution >= 4 is 23.7 Å². The second-order valence-corrected chi connectivity index (χ2v) is 9.42. The molecule has 0 aliphatic carbocycles. The minimum atomic E-state index is -0.969. The van der Waals surface area contributed by atoms with Crippen LogP contribution in [0.3, 0.4) is 0 Å². The fourth-order valence-electron chi connectivity index (χ4n) is 3.37. The second kappa shape index (κ2) is 10.4. The largest absolute Gasteiger partial charge is 0.454 e. The van der Waals surface area contributed by atoms with E-state index in [4.69, 9.17) is 4.74 Å². The number of nitrogens with zero attached hydrogens (tertiary/aromatic N) is 5. The third kappa shape index (κ3) is 5.18. The highest BCUT2D eigenvalue weighted by atomic mass is 32.2. The molecule has 0 spiro atoms. The van der Waals surface area contributed by atoms with Gasteiger partial charge in [-0.1, -0.05) is 11.8 Å². The number of hydrogen-bond donors (Lipinski definition) is 2. The Hall–Kier alpha value is -3.92. The van der Waals surface area contributed by atoms with Gasteiger partial charge in [0.05, 0.1) is 23.0 Å². The first-order chi connectivity index (χ1) is 17.5. The molecule has 180 valence electrons.